The first-order valence-electron chi connectivity index (χ1n) is 12.1. The molecule has 181 valence electrons. The van der Waals surface area contributed by atoms with Gasteiger partial charge in [0.05, 0.1) is 0 Å². The summed E-state index contributed by atoms with van der Waals surface area (Å²) in [5, 5.41) is 4.36. The van der Waals surface area contributed by atoms with Gasteiger partial charge in [-0.3, -0.25) is 0 Å². The van der Waals surface area contributed by atoms with Gasteiger partial charge >= 0.3 is 0 Å². The van der Waals surface area contributed by atoms with Gasteiger partial charge in [0.15, 0.2) is 0 Å². The Balaban J connectivity index is 0.00000252. The molecule has 1 radical (unpaired) electrons. The van der Waals surface area contributed by atoms with Gasteiger partial charge in [-0.1, -0.05) is 48.6 Å². The number of furan rings is 2. The van der Waals surface area contributed by atoms with Crippen LogP contribution in [0.3, 0.4) is 0 Å². The van der Waals surface area contributed by atoms with Crippen molar-refractivity contribution in [2.45, 2.75) is 13.8 Å². The predicted molar refractivity (Wildman–Crippen MR) is 148 cm³/mol. The van der Waals surface area contributed by atoms with E-state index in [-0.39, 0.29) is 20.1 Å². The Bertz CT molecular complexity index is 1960. The number of rotatable bonds is 3. The summed E-state index contributed by atoms with van der Waals surface area (Å²) < 4.78 is 13.1. The minimum Gasteiger partial charge on any atom is -0.456 e. The molecule has 3 aromatic heterocycles. The average Bonchev–Trinajstić information content (AvgIpc) is 3.48. The number of hydrogen-bond donors (Lipinski definition) is 0. The maximum atomic E-state index is 6.65. The molecule has 0 spiro atoms. The van der Waals surface area contributed by atoms with Crippen LogP contribution in [-0.2, 0) is 20.1 Å². The minimum absolute atomic E-state index is 0. The first kappa shape index (κ1) is 23.4. The molecule has 0 aliphatic heterocycles. The molecule has 0 aliphatic rings. The number of nitrogens with zero attached hydrogens (tertiary/aromatic N) is 1. The van der Waals surface area contributed by atoms with Crippen molar-refractivity contribution in [3.05, 3.63) is 108 Å². The molecule has 3 heterocycles. The largest absolute Gasteiger partial charge is 0.456 e. The smallest absolute Gasteiger partial charge is 0.144 e. The van der Waals surface area contributed by atoms with Gasteiger partial charge in [0.2, 0.25) is 0 Å². The summed E-state index contributed by atoms with van der Waals surface area (Å²) in [6.45, 7) is 4.13. The predicted octanol–water partition coefficient (Wildman–Crippen LogP) is 9.35. The number of fused-ring (bicyclic) bond motifs is 7. The molecule has 0 amide bonds. The third-order valence-electron chi connectivity index (χ3n) is 6.86. The Morgan fingerprint density at radius 2 is 1.62 bits per heavy atom. The molecule has 7 rings (SSSR count). The second-order valence-electron chi connectivity index (χ2n) is 9.08. The fourth-order valence-corrected chi connectivity index (χ4v) is 5.26. The molecule has 0 unspecified atom stereocenters. The van der Waals surface area contributed by atoms with Crippen LogP contribution in [0.25, 0.3) is 72.3 Å². The zero-order valence-electron chi connectivity index (χ0n) is 20.3. The van der Waals surface area contributed by atoms with Crippen LogP contribution < -0.4 is 0 Å². The molecule has 0 N–H and O–H groups in total. The van der Waals surface area contributed by atoms with E-state index >= 15 is 0 Å². The summed E-state index contributed by atoms with van der Waals surface area (Å²) in [7, 11) is 0. The summed E-state index contributed by atoms with van der Waals surface area (Å²) in [6, 6.07) is 29.9. The molecule has 3 nitrogen and oxygen atoms in total. The van der Waals surface area contributed by atoms with Crippen LogP contribution in [0.15, 0.2) is 100.0 Å². The normalized spacial score (nSPS) is 11.7. The number of hydrogen-bond acceptors (Lipinski definition) is 3. The fourth-order valence-electron chi connectivity index (χ4n) is 5.26. The van der Waals surface area contributed by atoms with Crippen LogP contribution in [0.5, 0.6) is 0 Å². The van der Waals surface area contributed by atoms with E-state index < -0.39 is 0 Å². The number of aromatic nitrogens is 1. The Hall–Kier alpha value is -3.98. The molecule has 4 heteroatoms. The molecule has 4 aromatic carbocycles. The van der Waals surface area contributed by atoms with Crippen molar-refractivity contribution in [1.29, 1.82) is 0 Å². The van der Waals surface area contributed by atoms with E-state index in [0.29, 0.717) is 0 Å². The zero-order chi connectivity index (χ0) is 24.2. The van der Waals surface area contributed by atoms with E-state index in [1.54, 1.807) is 0 Å². The van der Waals surface area contributed by atoms with E-state index in [1.807, 2.05) is 61.7 Å². The van der Waals surface area contributed by atoms with E-state index in [9.17, 15) is 0 Å². The molecule has 0 saturated heterocycles. The topological polar surface area (TPSA) is 39.2 Å². The number of benzene rings is 4. The van der Waals surface area contributed by atoms with Gasteiger partial charge in [0.25, 0.3) is 0 Å². The molecular formula is C33H22IrNO2-. The van der Waals surface area contributed by atoms with Crippen LogP contribution >= 0.6 is 0 Å². The van der Waals surface area contributed by atoms with Gasteiger partial charge in [-0.15, -0.1) is 35.9 Å². The van der Waals surface area contributed by atoms with Crippen molar-refractivity contribution in [2.24, 2.45) is 0 Å². The van der Waals surface area contributed by atoms with Crippen molar-refractivity contribution in [3.63, 3.8) is 0 Å². The molecule has 0 aliphatic carbocycles. The first-order valence-corrected chi connectivity index (χ1v) is 12.1. The standard InChI is InChI=1S/C33H22NO2.Ir/c1-3-10-22-13-9-16-28-30(22)32-31-23-14-7-8-15-27(23)35-29(31)18-25(33(32)36-28)24-17-26(34-19-20(24)2)21-11-5-4-6-12-21;/h3-11,13-19H,1-2H3;/q-1;/b10-3-;. The molecule has 0 fully saturated rings. The van der Waals surface area contributed by atoms with Crippen LogP contribution in [0.2, 0.25) is 0 Å². The molecule has 0 saturated carbocycles. The van der Waals surface area contributed by atoms with Crippen molar-refractivity contribution in [1.82, 2.24) is 4.98 Å². The maximum Gasteiger partial charge on any atom is 0.144 e. The molecular weight excluding hydrogens is 635 g/mol. The Labute approximate surface area is 227 Å². The molecule has 37 heavy (non-hydrogen) atoms. The molecule has 7 aromatic rings. The van der Waals surface area contributed by atoms with Crippen molar-refractivity contribution >= 4 is 50.0 Å². The number of pyridine rings is 1. The summed E-state index contributed by atoms with van der Waals surface area (Å²) in [5.41, 5.74) is 9.54. The van der Waals surface area contributed by atoms with Crippen molar-refractivity contribution in [2.75, 3.05) is 0 Å². The van der Waals surface area contributed by atoms with Gasteiger partial charge < -0.3 is 13.8 Å². The second-order valence-corrected chi connectivity index (χ2v) is 9.08. The minimum atomic E-state index is 0. The molecule has 0 bridgehead atoms. The number of aryl methyl sites for hydroxylation is 1. The van der Waals surface area contributed by atoms with Gasteiger partial charge in [-0.25, -0.2) is 0 Å². The Morgan fingerprint density at radius 3 is 2.46 bits per heavy atom. The van der Waals surface area contributed by atoms with Crippen LogP contribution in [0, 0.1) is 13.0 Å². The number of allylic oxidation sites excluding steroid dienone is 1. The summed E-state index contributed by atoms with van der Waals surface area (Å²) in [6.07, 6.45) is 6.13. The summed E-state index contributed by atoms with van der Waals surface area (Å²) in [5.74, 6) is 0. The van der Waals surface area contributed by atoms with E-state index in [4.69, 9.17) is 13.8 Å². The summed E-state index contributed by atoms with van der Waals surface area (Å²) in [4.78, 5) is 4.70. The van der Waals surface area contributed by atoms with Gasteiger partial charge in [-0.05, 0) is 54.4 Å². The average molecular weight is 657 g/mol. The van der Waals surface area contributed by atoms with E-state index in [1.165, 1.54) is 0 Å². The monoisotopic (exact) mass is 657 g/mol. The van der Waals surface area contributed by atoms with Crippen molar-refractivity contribution in [3.8, 4) is 22.4 Å². The first-order chi connectivity index (χ1) is 17.7. The van der Waals surface area contributed by atoms with Gasteiger partial charge in [0, 0.05) is 53.4 Å². The summed E-state index contributed by atoms with van der Waals surface area (Å²) >= 11 is 0. The Kier molecular flexibility index (Phi) is 5.79. The number of para-hydroxylation sites is 1. The maximum absolute atomic E-state index is 6.65. The van der Waals surface area contributed by atoms with Crippen LogP contribution in [0.4, 0.5) is 0 Å². The van der Waals surface area contributed by atoms with Crippen LogP contribution in [-0.4, -0.2) is 4.98 Å². The third-order valence-corrected chi connectivity index (χ3v) is 6.86. The SMILES string of the molecule is C/C=C\c1cccc2oc3c(-c4cc(-c5[c-]cccc5)ncc4C)cc4oc5ccccc5c4c3c12.[Ir]. The van der Waals surface area contributed by atoms with Gasteiger partial charge in [0.1, 0.15) is 22.3 Å². The molecule has 0 atom stereocenters. The van der Waals surface area contributed by atoms with E-state index in [2.05, 4.69) is 55.5 Å². The van der Waals surface area contributed by atoms with Gasteiger partial charge in [-0.2, -0.15) is 0 Å². The Morgan fingerprint density at radius 1 is 0.784 bits per heavy atom. The quantitative estimate of drug-likeness (QED) is 0.178. The fraction of sp³-hybridized carbons (Fsp3) is 0.0606. The van der Waals surface area contributed by atoms with Crippen LogP contribution in [0.1, 0.15) is 18.1 Å². The van der Waals surface area contributed by atoms with Crippen molar-refractivity contribution < 1.29 is 28.9 Å². The zero-order valence-corrected chi connectivity index (χ0v) is 22.7. The second kappa shape index (κ2) is 9.15. The third kappa shape index (κ3) is 3.64. The van der Waals surface area contributed by atoms with E-state index in [0.717, 1.165) is 77.4 Å².